The molecule has 6 nitrogen and oxygen atoms in total. The third-order valence-corrected chi connectivity index (χ3v) is 5.26. The molecule has 2 aromatic carbocycles. The number of hydrogen-bond acceptors (Lipinski definition) is 3. The molecule has 158 valence electrons. The molecule has 1 fully saturated rings. The Bertz CT molecular complexity index is 865. The minimum Gasteiger partial charge on any atom is -0.350 e. The highest BCUT2D eigenvalue weighted by molar-refractivity contribution is 5.90. The molecule has 1 aliphatic heterocycles. The minimum absolute atomic E-state index is 0.0000439. The van der Waals surface area contributed by atoms with Crippen LogP contribution >= 0.6 is 0 Å². The van der Waals surface area contributed by atoms with Gasteiger partial charge in [0.1, 0.15) is 6.04 Å². The zero-order valence-corrected chi connectivity index (χ0v) is 17.4. The second-order valence-electron chi connectivity index (χ2n) is 7.62. The molecule has 1 aliphatic rings. The highest BCUT2D eigenvalue weighted by Crippen LogP contribution is 2.19. The normalized spacial score (nSPS) is 15.6. The van der Waals surface area contributed by atoms with Gasteiger partial charge in [-0.1, -0.05) is 49.4 Å². The van der Waals surface area contributed by atoms with E-state index in [-0.39, 0.29) is 17.7 Å². The van der Waals surface area contributed by atoms with Crippen LogP contribution in [-0.2, 0) is 27.3 Å². The number of hydrogen-bond donors (Lipinski definition) is 2. The summed E-state index contributed by atoms with van der Waals surface area (Å²) in [5, 5.41) is 5.80. The molecular formula is C24H29N3O3. The lowest BCUT2D eigenvalue weighted by atomic mass is 10.1. The molecular weight excluding hydrogens is 378 g/mol. The Hall–Kier alpha value is -3.15. The molecule has 2 N–H and O–H groups in total. The van der Waals surface area contributed by atoms with Crippen LogP contribution in [0.4, 0.5) is 5.69 Å². The predicted molar refractivity (Wildman–Crippen MR) is 117 cm³/mol. The van der Waals surface area contributed by atoms with Crippen LogP contribution in [0.1, 0.15) is 43.7 Å². The number of anilines is 1. The van der Waals surface area contributed by atoms with Crippen molar-refractivity contribution in [1.82, 2.24) is 10.2 Å². The number of nitrogens with zero attached hydrogens (tertiary/aromatic N) is 1. The quantitative estimate of drug-likeness (QED) is 0.705. The van der Waals surface area contributed by atoms with Crippen molar-refractivity contribution in [3.63, 3.8) is 0 Å². The van der Waals surface area contributed by atoms with Crippen molar-refractivity contribution in [3.05, 3.63) is 65.7 Å². The lowest BCUT2D eigenvalue weighted by Crippen LogP contribution is -2.46. The van der Waals surface area contributed by atoms with Crippen molar-refractivity contribution in [3.8, 4) is 0 Å². The molecule has 1 saturated heterocycles. The molecule has 0 radical (unpaired) electrons. The Morgan fingerprint density at radius 1 is 1.00 bits per heavy atom. The molecule has 1 unspecified atom stereocenters. The second-order valence-corrected chi connectivity index (χ2v) is 7.62. The fourth-order valence-electron chi connectivity index (χ4n) is 3.67. The van der Waals surface area contributed by atoms with Crippen LogP contribution in [0.3, 0.4) is 0 Å². The van der Waals surface area contributed by atoms with Gasteiger partial charge >= 0.3 is 0 Å². The summed E-state index contributed by atoms with van der Waals surface area (Å²) in [5.74, 6) is -0.125. The molecule has 0 aliphatic carbocycles. The summed E-state index contributed by atoms with van der Waals surface area (Å²) >= 11 is 0. The van der Waals surface area contributed by atoms with Crippen LogP contribution in [0.15, 0.2) is 54.6 Å². The van der Waals surface area contributed by atoms with E-state index in [2.05, 4.69) is 10.6 Å². The molecule has 0 saturated carbocycles. The maximum Gasteiger partial charge on any atom is 0.243 e. The van der Waals surface area contributed by atoms with Crippen LogP contribution in [-0.4, -0.2) is 35.2 Å². The average Bonchev–Trinajstić information content (AvgIpc) is 3.24. The summed E-state index contributed by atoms with van der Waals surface area (Å²) in [4.78, 5) is 38.8. The Kier molecular flexibility index (Phi) is 7.60. The van der Waals surface area contributed by atoms with Crippen LogP contribution in [0.5, 0.6) is 0 Å². The molecule has 0 spiro atoms. The molecule has 1 heterocycles. The van der Waals surface area contributed by atoms with Gasteiger partial charge in [0.25, 0.3) is 0 Å². The van der Waals surface area contributed by atoms with Gasteiger partial charge in [0.2, 0.25) is 17.7 Å². The summed E-state index contributed by atoms with van der Waals surface area (Å²) in [6.45, 7) is 2.97. The smallest absolute Gasteiger partial charge is 0.243 e. The van der Waals surface area contributed by atoms with Gasteiger partial charge in [-0.3, -0.25) is 14.4 Å². The highest BCUT2D eigenvalue weighted by Gasteiger charge is 2.33. The fourth-order valence-corrected chi connectivity index (χ4v) is 3.67. The van der Waals surface area contributed by atoms with E-state index in [4.69, 9.17) is 0 Å². The molecule has 6 heteroatoms. The third kappa shape index (κ3) is 5.92. The lowest BCUT2D eigenvalue weighted by molar-refractivity contribution is -0.138. The van der Waals surface area contributed by atoms with Gasteiger partial charge in [0.15, 0.2) is 0 Å². The van der Waals surface area contributed by atoms with Crippen molar-refractivity contribution >= 4 is 23.4 Å². The zero-order valence-electron chi connectivity index (χ0n) is 17.4. The lowest BCUT2D eigenvalue weighted by Gasteiger charge is -2.24. The summed E-state index contributed by atoms with van der Waals surface area (Å²) in [5.41, 5.74) is 2.65. The summed E-state index contributed by atoms with van der Waals surface area (Å²) in [6, 6.07) is 16.6. The molecule has 0 bridgehead atoms. The van der Waals surface area contributed by atoms with E-state index in [0.29, 0.717) is 32.4 Å². The van der Waals surface area contributed by atoms with Crippen LogP contribution in [0, 0.1) is 0 Å². The molecule has 2 aromatic rings. The van der Waals surface area contributed by atoms with E-state index in [9.17, 15) is 14.4 Å². The first kappa shape index (κ1) is 21.6. The maximum absolute atomic E-state index is 12.7. The first-order valence-corrected chi connectivity index (χ1v) is 10.6. The number of amides is 3. The van der Waals surface area contributed by atoms with Gasteiger partial charge in [-0.15, -0.1) is 0 Å². The third-order valence-electron chi connectivity index (χ3n) is 5.26. The molecule has 30 heavy (non-hydrogen) atoms. The van der Waals surface area contributed by atoms with Gasteiger partial charge in [-0.2, -0.15) is 0 Å². The molecule has 3 amide bonds. The molecule has 3 rings (SSSR count). The van der Waals surface area contributed by atoms with Crippen LogP contribution < -0.4 is 10.6 Å². The second kappa shape index (κ2) is 10.6. The van der Waals surface area contributed by atoms with Crippen molar-refractivity contribution < 1.29 is 14.4 Å². The number of nitrogens with one attached hydrogen (secondary N) is 2. The van der Waals surface area contributed by atoms with Gasteiger partial charge in [-0.25, -0.2) is 0 Å². The zero-order chi connectivity index (χ0) is 21.3. The number of likely N-dealkylation sites (tertiary alicyclic amines) is 1. The monoisotopic (exact) mass is 407 g/mol. The van der Waals surface area contributed by atoms with E-state index < -0.39 is 6.04 Å². The van der Waals surface area contributed by atoms with Gasteiger partial charge in [0.05, 0.1) is 6.42 Å². The topological polar surface area (TPSA) is 78.5 Å². The molecule has 0 aromatic heterocycles. The molecule has 1 atom stereocenters. The van der Waals surface area contributed by atoms with Crippen molar-refractivity contribution in [2.45, 2.75) is 51.6 Å². The van der Waals surface area contributed by atoms with E-state index in [1.54, 1.807) is 4.90 Å². The van der Waals surface area contributed by atoms with E-state index >= 15 is 0 Å². The fraction of sp³-hybridized carbons (Fsp3) is 0.375. The summed E-state index contributed by atoms with van der Waals surface area (Å²) in [6.07, 6.45) is 3.15. The number of carbonyl (C=O) groups is 3. The maximum atomic E-state index is 12.7. The average molecular weight is 408 g/mol. The van der Waals surface area contributed by atoms with Gasteiger partial charge < -0.3 is 15.5 Å². The Morgan fingerprint density at radius 2 is 1.73 bits per heavy atom. The van der Waals surface area contributed by atoms with Crippen molar-refractivity contribution in [2.24, 2.45) is 0 Å². The highest BCUT2D eigenvalue weighted by atomic mass is 16.2. The van der Waals surface area contributed by atoms with Crippen molar-refractivity contribution in [2.75, 3.05) is 11.9 Å². The largest absolute Gasteiger partial charge is 0.350 e. The predicted octanol–water partition coefficient (Wildman–Crippen LogP) is 3.28. The van der Waals surface area contributed by atoms with Gasteiger partial charge in [-0.05, 0) is 42.5 Å². The van der Waals surface area contributed by atoms with Crippen molar-refractivity contribution in [1.29, 1.82) is 0 Å². The minimum atomic E-state index is -0.409. The first-order valence-electron chi connectivity index (χ1n) is 10.6. The number of benzene rings is 2. The van der Waals surface area contributed by atoms with Crippen LogP contribution in [0.2, 0.25) is 0 Å². The summed E-state index contributed by atoms with van der Waals surface area (Å²) < 4.78 is 0. The van der Waals surface area contributed by atoms with E-state index in [1.165, 1.54) is 0 Å². The standard InChI is InChI=1S/C24H29N3O3/c1-2-7-22(28)26-20-13-11-19(12-14-20)17-25-24(30)21-10-6-15-27(21)23(29)16-18-8-4-3-5-9-18/h3-5,8-9,11-14,21H,2,6-7,10,15-17H2,1H3,(H,25,30)(H,26,28). The number of carbonyl (C=O) groups excluding carboxylic acids is 3. The Balaban J connectivity index is 1.51. The summed E-state index contributed by atoms with van der Waals surface area (Å²) in [7, 11) is 0. The van der Waals surface area contributed by atoms with Gasteiger partial charge in [0, 0.05) is 25.2 Å². The van der Waals surface area contributed by atoms with E-state index in [0.717, 1.165) is 29.7 Å². The Morgan fingerprint density at radius 3 is 2.43 bits per heavy atom. The first-order chi connectivity index (χ1) is 14.6. The Labute approximate surface area is 177 Å². The van der Waals surface area contributed by atoms with E-state index in [1.807, 2.05) is 61.5 Å². The number of rotatable bonds is 8. The SMILES string of the molecule is CCCC(=O)Nc1ccc(CNC(=O)C2CCCN2C(=O)Cc2ccccc2)cc1. The van der Waals surface area contributed by atoms with Crippen LogP contribution in [0.25, 0.3) is 0 Å².